The van der Waals surface area contributed by atoms with Crippen LogP contribution in [0.5, 0.6) is 0 Å². The molecule has 2 aromatic carbocycles. The van der Waals surface area contributed by atoms with Gasteiger partial charge in [0.15, 0.2) is 5.82 Å². The van der Waals surface area contributed by atoms with Gasteiger partial charge < -0.3 is 0 Å². The second-order valence-corrected chi connectivity index (χ2v) is 7.09. The lowest BCUT2D eigenvalue weighted by molar-refractivity contribution is 0.937. The Kier molecular flexibility index (Phi) is 4.11. The predicted octanol–water partition coefficient (Wildman–Crippen LogP) is 3.58. The zero-order valence-corrected chi connectivity index (χ0v) is 15.0. The maximum Gasteiger partial charge on any atom is 0.291 e. The molecular weight excluding hydrogens is 354 g/mol. The molecule has 0 bridgehead atoms. The maximum atomic E-state index is 12.6. The summed E-state index contributed by atoms with van der Waals surface area (Å²) in [4.78, 5) is 17.6. The molecule has 0 unspecified atom stereocenters. The van der Waals surface area contributed by atoms with Crippen molar-refractivity contribution >= 4 is 34.0 Å². The van der Waals surface area contributed by atoms with Crippen molar-refractivity contribution in [2.75, 3.05) is 0 Å². The fourth-order valence-electron chi connectivity index (χ4n) is 2.56. The smallest absolute Gasteiger partial charge is 0.266 e. The van der Waals surface area contributed by atoms with Crippen molar-refractivity contribution in [1.82, 2.24) is 14.6 Å². The third-order valence-corrected chi connectivity index (χ3v) is 5.18. The normalized spacial score (nSPS) is 12.2. The molecule has 0 aliphatic heterocycles. The van der Waals surface area contributed by atoms with E-state index in [4.69, 9.17) is 11.6 Å². The molecule has 0 N–H and O–H groups in total. The molecule has 2 heterocycles. The number of benzene rings is 2. The second-order valence-electron chi connectivity index (χ2n) is 5.65. The van der Waals surface area contributed by atoms with Gasteiger partial charge in [0.25, 0.3) is 5.56 Å². The topological polar surface area (TPSA) is 47.3 Å². The molecule has 0 radical (unpaired) electrons. The number of thiazole rings is 1. The Bertz CT molecular complexity index is 1140. The van der Waals surface area contributed by atoms with Crippen molar-refractivity contribution in [3.8, 4) is 11.4 Å². The Balaban J connectivity index is 1.76. The molecule has 0 aliphatic rings. The van der Waals surface area contributed by atoms with Crippen molar-refractivity contribution in [2.24, 2.45) is 0 Å². The monoisotopic (exact) mass is 367 g/mol. The Labute approximate surface area is 153 Å². The van der Waals surface area contributed by atoms with Crippen molar-refractivity contribution < 1.29 is 0 Å². The van der Waals surface area contributed by atoms with Gasteiger partial charge in [-0.25, -0.2) is 0 Å². The quantitative estimate of drug-likeness (QED) is 0.556. The minimum Gasteiger partial charge on any atom is -0.266 e. The fourth-order valence-corrected chi connectivity index (χ4v) is 3.59. The summed E-state index contributed by atoms with van der Waals surface area (Å²) in [7, 11) is 0. The number of hydrogen-bond donors (Lipinski definition) is 0. The molecule has 0 saturated carbocycles. The molecule has 0 saturated heterocycles. The maximum absolute atomic E-state index is 12.6. The van der Waals surface area contributed by atoms with Gasteiger partial charge in [-0.05, 0) is 47.9 Å². The highest BCUT2D eigenvalue weighted by molar-refractivity contribution is 7.15. The molecule has 124 valence electrons. The molecule has 0 aliphatic carbocycles. The number of rotatable bonds is 3. The second kappa shape index (κ2) is 6.43. The van der Waals surface area contributed by atoms with E-state index in [-0.39, 0.29) is 5.56 Å². The van der Waals surface area contributed by atoms with E-state index in [1.165, 1.54) is 21.4 Å². The van der Waals surface area contributed by atoms with Gasteiger partial charge >= 0.3 is 0 Å². The van der Waals surface area contributed by atoms with Crippen LogP contribution in [0.3, 0.4) is 0 Å². The zero-order valence-electron chi connectivity index (χ0n) is 13.4. The van der Waals surface area contributed by atoms with Crippen LogP contribution in [-0.4, -0.2) is 14.6 Å². The minimum absolute atomic E-state index is 0.146. The van der Waals surface area contributed by atoms with Gasteiger partial charge in [-0.3, -0.25) is 4.79 Å². The standard InChI is InChI=1S/C19H14ClN3OS/c1-2-12-3-5-13(6-4-12)11-16-18(24)23-19(25-16)21-17(22-23)14-7-9-15(20)10-8-14/h3-11H,2H2,1H3/b16-11+. The summed E-state index contributed by atoms with van der Waals surface area (Å²) in [5.74, 6) is 0.527. The number of halogens is 1. The zero-order chi connectivity index (χ0) is 17.4. The van der Waals surface area contributed by atoms with Crippen LogP contribution in [0.15, 0.2) is 53.3 Å². The van der Waals surface area contributed by atoms with Gasteiger partial charge in [0.1, 0.15) is 0 Å². The Morgan fingerprint density at radius 3 is 2.48 bits per heavy atom. The first-order valence-corrected chi connectivity index (χ1v) is 9.09. The Hall–Kier alpha value is -2.50. The van der Waals surface area contributed by atoms with Gasteiger partial charge in [0.2, 0.25) is 4.96 Å². The van der Waals surface area contributed by atoms with E-state index in [0.717, 1.165) is 17.5 Å². The first-order chi connectivity index (χ1) is 12.1. The van der Waals surface area contributed by atoms with Crippen LogP contribution in [0.25, 0.3) is 22.4 Å². The molecule has 4 nitrogen and oxygen atoms in total. The summed E-state index contributed by atoms with van der Waals surface area (Å²) in [6, 6.07) is 15.4. The summed E-state index contributed by atoms with van der Waals surface area (Å²) < 4.78 is 1.99. The first kappa shape index (κ1) is 16.0. The largest absolute Gasteiger partial charge is 0.291 e. The summed E-state index contributed by atoms with van der Waals surface area (Å²) in [6.45, 7) is 2.12. The van der Waals surface area contributed by atoms with E-state index >= 15 is 0 Å². The lowest BCUT2D eigenvalue weighted by Crippen LogP contribution is -2.23. The summed E-state index contributed by atoms with van der Waals surface area (Å²) >= 11 is 7.24. The molecule has 6 heteroatoms. The minimum atomic E-state index is -0.146. The predicted molar refractivity (Wildman–Crippen MR) is 102 cm³/mol. The number of nitrogens with zero attached hydrogens (tertiary/aromatic N) is 3. The highest BCUT2D eigenvalue weighted by atomic mass is 35.5. The average molecular weight is 368 g/mol. The SMILES string of the molecule is CCc1ccc(/C=c2/sc3nc(-c4ccc(Cl)cc4)nn3c2=O)cc1. The van der Waals surface area contributed by atoms with E-state index in [9.17, 15) is 4.79 Å². The van der Waals surface area contributed by atoms with Crippen molar-refractivity contribution in [3.05, 3.63) is 79.6 Å². The van der Waals surface area contributed by atoms with E-state index in [0.29, 0.717) is 20.3 Å². The molecule has 4 aromatic rings. The highest BCUT2D eigenvalue weighted by Crippen LogP contribution is 2.19. The molecule has 2 aromatic heterocycles. The fraction of sp³-hybridized carbons (Fsp3) is 0.105. The van der Waals surface area contributed by atoms with Crippen LogP contribution in [0.2, 0.25) is 5.02 Å². The van der Waals surface area contributed by atoms with Gasteiger partial charge in [-0.15, -0.1) is 5.10 Å². The Morgan fingerprint density at radius 2 is 1.84 bits per heavy atom. The summed E-state index contributed by atoms with van der Waals surface area (Å²) in [5, 5.41) is 5.00. The van der Waals surface area contributed by atoms with E-state index in [1.54, 1.807) is 12.1 Å². The third-order valence-electron chi connectivity index (χ3n) is 3.97. The van der Waals surface area contributed by atoms with Crippen LogP contribution >= 0.6 is 22.9 Å². The van der Waals surface area contributed by atoms with Crippen LogP contribution in [0, 0.1) is 0 Å². The molecule has 0 spiro atoms. The van der Waals surface area contributed by atoms with Crippen LogP contribution < -0.4 is 10.1 Å². The van der Waals surface area contributed by atoms with Crippen LogP contribution in [0.4, 0.5) is 0 Å². The van der Waals surface area contributed by atoms with Gasteiger partial charge in [-0.2, -0.15) is 9.50 Å². The number of aryl methyl sites for hydroxylation is 1. The highest BCUT2D eigenvalue weighted by Gasteiger charge is 2.11. The van der Waals surface area contributed by atoms with Crippen molar-refractivity contribution in [3.63, 3.8) is 0 Å². The third kappa shape index (κ3) is 3.08. The summed E-state index contributed by atoms with van der Waals surface area (Å²) in [5.41, 5.74) is 2.96. The lowest BCUT2D eigenvalue weighted by atomic mass is 10.1. The number of hydrogen-bond acceptors (Lipinski definition) is 4. The van der Waals surface area contributed by atoms with Gasteiger partial charge in [0.05, 0.1) is 4.53 Å². The van der Waals surface area contributed by atoms with Crippen molar-refractivity contribution in [2.45, 2.75) is 13.3 Å². The number of aromatic nitrogens is 3. The average Bonchev–Trinajstić information content (AvgIpc) is 3.16. The number of fused-ring (bicyclic) bond motifs is 1. The molecule has 4 rings (SSSR count). The van der Waals surface area contributed by atoms with Crippen molar-refractivity contribution in [1.29, 1.82) is 0 Å². The van der Waals surface area contributed by atoms with Crippen LogP contribution in [-0.2, 0) is 6.42 Å². The van der Waals surface area contributed by atoms with Gasteiger partial charge in [0, 0.05) is 10.6 Å². The van der Waals surface area contributed by atoms with Gasteiger partial charge in [-0.1, -0.05) is 54.1 Å². The molecule has 25 heavy (non-hydrogen) atoms. The molecule has 0 fully saturated rings. The molecular formula is C19H14ClN3OS. The Morgan fingerprint density at radius 1 is 1.12 bits per heavy atom. The molecule has 0 amide bonds. The van der Waals surface area contributed by atoms with Crippen LogP contribution in [0.1, 0.15) is 18.1 Å². The van der Waals surface area contributed by atoms with E-state index in [1.807, 2.05) is 30.3 Å². The van der Waals surface area contributed by atoms with E-state index in [2.05, 4.69) is 29.1 Å². The summed E-state index contributed by atoms with van der Waals surface area (Å²) in [6.07, 6.45) is 2.88. The first-order valence-electron chi connectivity index (χ1n) is 7.90. The van der Waals surface area contributed by atoms with E-state index < -0.39 is 0 Å². The molecule has 0 atom stereocenters. The lowest BCUT2D eigenvalue weighted by Gasteiger charge is -1.96.